The van der Waals surface area contributed by atoms with Gasteiger partial charge in [0, 0.05) is 38.3 Å². The Bertz CT molecular complexity index is 246. The Hall–Kier alpha value is -1.40. The van der Waals surface area contributed by atoms with Gasteiger partial charge in [0.05, 0.1) is 0 Å². The molecule has 6 nitrogen and oxygen atoms in total. The van der Waals surface area contributed by atoms with Crippen LogP contribution in [-0.4, -0.2) is 48.3 Å². The number of carbonyl (C=O) groups excluding carboxylic acids is 1. The number of carbonyl (C=O) groups is 2. The van der Waals surface area contributed by atoms with Crippen LogP contribution in [0.4, 0.5) is 0 Å². The summed E-state index contributed by atoms with van der Waals surface area (Å²) in [7, 11) is 0. The maximum atomic E-state index is 11.0. The summed E-state index contributed by atoms with van der Waals surface area (Å²) in [6.07, 6.45) is 1.65. The van der Waals surface area contributed by atoms with Gasteiger partial charge in [0.1, 0.15) is 0 Å². The zero-order valence-electron chi connectivity index (χ0n) is 7.60. The van der Waals surface area contributed by atoms with E-state index < -0.39 is 11.9 Å². The van der Waals surface area contributed by atoms with Gasteiger partial charge in [0.15, 0.2) is 0 Å². The maximum absolute atomic E-state index is 11.0. The molecule has 1 aliphatic rings. The van der Waals surface area contributed by atoms with Crippen molar-refractivity contribution in [3.05, 3.63) is 12.2 Å². The number of piperazine rings is 1. The fourth-order valence-electron chi connectivity index (χ4n) is 1.03. The van der Waals surface area contributed by atoms with E-state index in [1.54, 1.807) is 0 Å². The largest absolute Gasteiger partial charge is 0.478 e. The molecule has 1 heterocycles. The Kier molecular flexibility index (Phi) is 4.09. The van der Waals surface area contributed by atoms with Gasteiger partial charge in [-0.05, 0) is 0 Å². The highest BCUT2D eigenvalue weighted by Gasteiger charge is 2.12. The van der Waals surface area contributed by atoms with Gasteiger partial charge in [-0.25, -0.2) is 9.59 Å². The minimum atomic E-state index is -1.16. The lowest BCUT2D eigenvalue weighted by molar-refractivity contribution is -0.186. The van der Waals surface area contributed by atoms with Crippen LogP contribution < -0.4 is 5.32 Å². The lowest BCUT2D eigenvalue weighted by Crippen LogP contribution is -2.44. The first kappa shape index (κ1) is 10.7. The van der Waals surface area contributed by atoms with Crippen LogP contribution in [0.5, 0.6) is 0 Å². The minimum Gasteiger partial charge on any atom is -0.478 e. The molecule has 0 bridgehead atoms. The highest BCUT2D eigenvalue weighted by molar-refractivity contribution is 5.90. The first-order valence-corrected chi connectivity index (χ1v) is 4.27. The van der Waals surface area contributed by atoms with E-state index in [9.17, 15) is 9.59 Å². The smallest absolute Gasteiger partial charge is 0.349 e. The number of hydroxylamine groups is 2. The molecule has 0 aromatic heterocycles. The van der Waals surface area contributed by atoms with Gasteiger partial charge in [-0.3, -0.25) is 0 Å². The second-order valence-corrected chi connectivity index (χ2v) is 2.76. The first-order chi connectivity index (χ1) is 6.68. The van der Waals surface area contributed by atoms with Crippen LogP contribution in [0.1, 0.15) is 0 Å². The predicted octanol–water partition coefficient (Wildman–Crippen LogP) is -1.01. The highest BCUT2D eigenvalue weighted by atomic mass is 16.7. The maximum Gasteiger partial charge on any atom is 0.349 e. The summed E-state index contributed by atoms with van der Waals surface area (Å²) in [5.41, 5.74) is 0. The van der Waals surface area contributed by atoms with Gasteiger partial charge in [0.25, 0.3) is 0 Å². The van der Waals surface area contributed by atoms with Crippen LogP contribution in [-0.2, 0) is 14.4 Å². The van der Waals surface area contributed by atoms with Gasteiger partial charge in [0.2, 0.25) is 0 Å². The van der Waals surface area contributed by atoms with Crippen LogP contribution in [0.2, 0.25) is 0 Å². The summed E-state index contributed by atoms with van der Waals surface area (Å²) < 4.78 is 0. The zero-order chi connectivity index (χ0) is 10.4. The van der Waals surface area contributed by atoms with Crippen molar-refractivity contribution in [2.45, 2.75) is 0 Å². The van der Waals surface area contributed by atoms with Gasteiger partial charge in [-0.15, -0.1) is 5.06 Å². The normalized spacial score (nSPS) is 18.3. The third kappa shape index (κ3) is 4.01. The van der Waals surface area contributed by atoms with Crippen molar-refractivity contribution in [2.75, 3.05) is 26.2 Å². The third-order valence-electron chi connectivity index (χ3n) is 1.66. The topological polar surface area (TPSA) is 78.9 Å². The predicted molar refractivity (Wildman–Crippen MR) is 47.3 cm³/mol. The molecule has 0 atom stereocenters. The molecule has 0 saturated carbocycles. The van der Waals surface area contributed by atoms with Crippen LogP contribution in [0.25, 0.3) is 0 Å². The molecule has 1 fully saturated rings. The number of nitrogens with one attached hydrogen (secondary N) is 1. The molecule has 1 rings (SSSR count). The average molecular weight is 200 g/mol. The van der Waals surface area contributed by atoms with Gasteiger partial charge in [-0.2, -0.15) is 0 Å². The highest BCUT2D eigenvalue weighted by Crippen LogP contribution is 1.94. The Morgan fingerprint density at radius 3 is 2.50 bits per heavy atom. The monoisotopic (exact) mass is 200 g/mol. The molecule has 1 saturated heterocycles. The Balaban J connectivity index is 2.28. The van der Waals surface area contributed by atoms with Crippen LogP contribution in [0.15, 0.2) is 12.2 Å². The molecule has 0 aliphatic carbocycles. The van der Waals surface area contributed by atoms with Gasteiger partial charge < -0.3 is 15.3 Å². The van der Waals surface area contributed by atoms with E-state index in [-0.39, 0.29) is 0 Å². The van der Waals surface area contributed by atoms with Crippen LogP contribution >= 0.6 is 0 Å². The summed E-state index contributed by atoms with van der Waals surface area (Å²) in [5.74, 6) is -1.82. The SMILES string of the molecule is O=C(O)/C=C/C(=O)ON1CCNCC1. The average Bonchev–Trinajstić information content (AvgIpc) is 2.16. The Morgan fingerprint density at radius 2 is 1.93 bits per heavy atom. The Labute approximate surface area is 81.1 Å². The van der Waals surface area contributed by atoms with Crippen molar-refractivity contribution in [2.24, 2.45) is 0 Å². The zero-order valence-corrected chi connectivity index (χ0v) is 7.60. The Morgan fingerprint density at radius 1 is 1.29 bits per heavy atom. The van der Waals surface area contributed by atoms with Crippen LogP contribution in [0, 0.1) is 0 Å². The third-order valence-corrected chi connectivity index (χ3v) is 1.66. The van der Waals surface area contributed by atoms with Crippen molar-refractivity contribution in [1.29, 1.82) is 0 Å². The first-order valence-electron chi connectivity index (χ1n) is 4.27. The number of rotatable bonds is 3. The molecule has 0 amide bonds. The van der Waals surface area contributed by atoms with Crippen molar-refractivity contribution >= 4 is 11.9 Å². The van der Waals surface area contributed by atoms with E-state index in [0.717, 1.165) is 25.2 Å². The molecule has 78 valence electrons. The summed E-state index contributed by atoms with van der Waals surface area (Å²) in [5, 5.41) is 12.8. The molecule has 0 aromatic carbocycles. The number of hydrogen-bond acceptors (Lipinski definition) is 5. The standard InChI is InChI=1S/C8H12N2O4/c11-7(12)1-2-8(13)14-10-5-3-9-4-6-10/h1-2,9H,3-6H2,(H,11,12)/b2-1+. The van der Waals surface area contributed by atoms with E-state index >= 15 is 0 Å². The van der Waals surface area contributed by atoms with Crippen molar-refractivity contribution in [3.8, 4) is 0 Å². The number of carboxylic acid groups (broad SMARTS) is 1. The lowest BCUT2D eigenvalue weighted by atomic mass is 10.4. The van der Waals surface area contributed by atoms with Gasteiger partial charge in [-0.1, -0.05) is 0 Å². The van der Waals surface area contributed by atoms with E-state index in [2.05, 4.69) is 5.32 Å². The van der Waals surface area contributed by atoms with Gasteiger partial charge >= 0.3 is 11.9 Å². The second kappa shape index (κ2) is 5.36. The molecule has 0 aromatic rings. The number of hydrogen-bond donors (Lipinski definition) is 2. The summed E-state index contributed by atoms with van der Waals surface area (Å²) in [4.78, 5) is 25.9. The van der Waals surface area contributed by atoms with Crippen molar-refractivity contribution in [1.82, 2.24) is 10.4 Å². The van der Waals surface area contributed by atoms with E-state index in [4.69, 9.17) is 9.94 Å². The van der Waals surface area contributed by atoms with Crippen LogP contribution in [0.3, 0.4) is 0 Å². The fraction of sp³-hybridized carbons (Fsp3) is 0.500. The number of aliphatic carboxylic acids is 1. The summed E-state index contributed by atoms with van der Waals surface area (Å²) in [6.45, 7) is 2.76. The molecule has 6 heteroatoms. The van der Waals surface area contributed by atoms with Crippen molar-refractivity contribution < 1.29 is 19.5 Å². The molecule has 0 radical (unpaired) electrons. The molecule has 1 aliphatic heterocycles. The van der Waals surface area contributed by atoms with E-state index in [1.807, 2.05) is 0 Å². The minimum absolute atomic E-state index is 0.618. The fourth-order valence-corrected chi connectivity index (χ4v) is 1.03. The second-order valence-electron chi connectivity index (χ2n) is 2.76. The molecule has 0 spiro atoms. The van der Waals surface area contributed by atoms with E-state index in [0.29, 0.717) is 13.1 Å². The molecule has 0 unspecified atom stereocenters. The quantitative estimate of drug-likeness (QED) is 0.568. The van der Waals surface area contributed by atoms with E-state index in [1.165, 1.54) is 5.06 Å². The summed E-state index contributed by atoms with van der Waals surface area (Å²) in [6, 6.07) is 0. The molecule has 14 heavy (non-hydrogen) atoms. The number of nitrogens with zero attached hydrogens (tertiary/aromatic N) is 1. The van der Waals surface area contributed by atoms with Crippen molar-refractivity contribution in [3.63, 3.8) is 0 Å². The summed E-state index contributed by atoms with van der Waals surface area (Å²) >= 11 is 0. The molecular weight excluding hydrogens is 188 g/mol. The lowest BCUT2D eigenvalue weighted by Gasteiger charge is -2.24. The molecule has 2 N–H and O–H groups in total. The molecular formula is C8H12N2O4. The number of carboxylic acids is 1.